The van der Waals surface area contributed by atoms with E-state index in [0.717, 1.165) is 0 Å². The molecular weight excluding hydrogens is 366 g/mol. The first-order chi connectivity index (χ1) is 13.0. The van der Waals surface area contributed by atoms with Gasteiger partial charge in [-0.15, -0.1) is 11.3 Å². The van der Waals surface area contributed by atoms with Crippen LogP contribution in [0.4, 0.5) is 5.69 Å². The third-order valence-electron chi connectivity index (χ3n) is 4.32. The second-order valence-electron chi connectivity index (χ2n) is 6.00. The number of benzene rings is 1. The summed E-state index contributed by atoms with van der Waals surface area (Å²) in [6.07, 6.45) is 0. The van der Waals surface area contributed by atoms with Crippen molar-refractivity contribution >= 4 is 33.1 Å². The first-order valence-electron chi connectivity index (χ1n) is 8.41. The Morgan fingerprint density at radius 3 is 2.70 bits per heavy atom. The van der Waals surface area contributed by atoms with Crippen LogP contribution in [0.15, 0.2) is 29.1 Å². The molecule has 7 nitrogen and oxygen atoms in total. The van der Waals surface area contributed by atoms with Crippen LogP contribution >= 0.6 is 11.3 Å². The lowest BCUT2D eigenvalue weighted by atomic mass is 10.2. The van der Waals surface area contributed by atoms with E-state index >= 15 is 0 Å². The zero-order valence-corrected chi connectivity index (χ0v) is 16.5. The van der Waals surface area contributed by atoms with Crippen LogP contribution in [0.25, 0.3) is 10.2 Å². The van der Waals surface area contributed by atoms with E-state index in [0.29, 0.717) is 51.1 Å². The van der Waals surface area contributed by atoms with Crippen molar-refractivity contribution in [1.82, 2.24) is 9.55 Å². The van der Waals surface area contributed by atoms with E-state index in [4.69, 9.17) is 9.47 Å². The number of para-hydroxylation sites is 2. The van der Waals surface area contributed by atoms with Gasteiger partial charge in [-0.05, 0) is 31.5 Å². The summed E-state index contributed by atoms with van der Waals surface area (Å²) >= 11 is 1.22. The quantitative estimate of drug-likeness (QED) is 0.703. The number of carbonyl (C=O) groups is 1. The van der Waals surface area contributed by atoms with Crippen LogP contribution in [0.1, 0.15) is 21.1 Å². The van der Waals surface area contributed by atoms with Gasteiger partial charge in [0.2, 0.25) is 0 Å². The Morgan fingerprint density at radius 1 is 1.26 bits per heavy atom. The van der Waals surface area contributed by atoms with Gasteiger partial charge in [-0.1, -0.05) is 12.1 Å². The maximum Gasteiger partial charge on any atom is 0.266 e. The van der Waals surface area contributed by atoms with Crippen LogP contribution in [-0.4, -0.2) is 36.3 Å². The van der Waals surface area contributed by atoms with Crippen LogP contribution in [0.5, 0.6) is 5.75 Å². The van der Waals surface area contributed by atoms with E-state index in [1.54, 1.807) is 44.8 Å². The molecule has 27 heavy (non-hydrogen) atoms. The molecule has 0 bridgehead atoms. The maximum atomic E-state index is 12.9. The standard InChI is InChI=1S/C19H21N3O4S/c1-11-15-18(20-12(2)22(19(15)24)9-10-25-3)27-16(11)17(23)21-13-7-5-6-8-14(13)26-4/h5-8H,9-10H2,1-4H3,(H,21,23). The van der Waals surface area contributed by atoms with Crippen molar-refractivity contribution in [1.29, 1.82) is 0 Å². The maximum absolute atomic E-state index is 12.9. The fraction of sp³-hybridized carbons (Fsp3) is 0.316. The Balaban J connectivity index is 2.03. The molecule has 0 radical (unpaired) electrons. The number of nitrogens with zero attached hydrogens (tertiary/aromatic N) is 2. The Kier molecular flexibility index (Phi) is 5.57. The molecule has 2 aromatic heterocycles. The van der Waals surface area contributed by atoms with Crippen molar-refractivity contribution in [3.63, 3.8) is 0 Å². The summed E-state index contributed by atoms with van der Waals surface area (Å²) in [5.74, 6) is 0.878. The number of aryl methyl sites for hydroxylation is 2. The van der Waals surface area contributed by atoms with Crippen molar-refractivity contribution in [3.8, 4) is 5.75 Å². The molecule has 0 aliphatic rings. The van der Waals surface area contributed by atoms with Crippen LogP contribution in [-0.2, 0) is 11.3 Å². The average Bonchev–Trinajstić information content (AvgIpc) is 2.98. The second kappa shape index (κ2) is 7.89. The van der Waals surface area contributed by atoms with Gasteiger partial charge in [0.15, 0.2) is 0 Å². The summed E-state index contributed by atoms with van der Waals surface area (Å²) in [5.41, 5.74) is 1.05. The van der Waals surface area contributed by atoms with Gasteiger partial charge in [0.05, 0.1) is 36.2 Å². The van der Waals surface area contributed by atoms with Crippen LogP contribution in [0.3, 0.4) is 0 Å². The zero-order valence-electron chi connectivity index (χ0n) is 15.7. The van der Waals surface area contributed by atoms with E-state index in [1.165, 1.54) is 11.3 Å². The molecule has 0 aliphatic heterocycles. The van der Waals surface area contributed by atoms with Crippen molar-refractivity contribution < 1.29 is 14.3 Å². The van der Waals surface area contributed by atoms with Gasteiger partial charge in [-0.3, -0.25) is 14.2 Å². The highest BCUT2D eigenvalue weighted by Gasteiger charge is 2.21. The third kappa shape index (κ3) is 3.58. The summed E-state index contributed by atoms with van der Waals surface area (Å²) in [6, 6.07) is 7.18. The van der Waals surface area contributed by atoms with Crippen molar-refractivity contribution in [2.45, 2.75) is 20.4 Å². The van der Waals surface area contributed by atoms with Crippen molar-refractivity contribution in [2.75, 3.05) is 26.1 Å². The molecule has 2 heterocycles. The predicted octanol–water partition coefficient (Wildman–Crippen LogP) is 2.98. The Bertz CT molecular complexity index is 1060. The minimum absolute atomic E-state index is 0.153. The number of hydrogen-bond acceptors (Lipinski definition) is 6. The molecule has 142 valence electrons. The number of hydrogen-bond donors (Lipinski definition) is 1. The number of ether oxygens (including phenoxy) is 2. The highest BCUT2D eigenvalue weighted by atomic mass is 32.1. The molecule has 0 atom stereocenters. The molecule has 0 unspecified atom stereocenters. The van der Waals surface area contributed by atoms with Crippen LogP contribution < -0.4 is 15.6 Å². The fourth-order valence-electron chi connectivity index (χ4n) is 2.91. The Morgan fingerprint density at radius 2 is 2.00 bits per heavy atom. The summed E-state index contributed by atoms with van der Waals surface area (Å²) < 4.78 is 11.9. The minimum Gasteiger partial charge on any atom is -0.495 e. The molecule has 1 amide bonds. The van der Waals surface area contributed by atoms with E-state index < -0.39 is 0 Å². The number of aromatic nitrogens is 2. The molecule has 0 saturated carbocycles. The van der Waals surface area contributed by atoms with Crippen molar-refractivity contribution in [3.05, 3.63) is 50.9 Å². The number of rotatable bonds is 6. The largest absolute Gasteiger partial charge is 0.495 e. The number of amides is 1. The van der Waals surface area contributed by atoms with E-state index in [2.05, 4.69) is 10.3 Å². The smallest absolute Gasteiger partial charge is 0.266 e. The predicted molar refractivity (Wildman–Crippen MR) is 106 cm³/mol. The fourth-order valence-corrected chi connectivity index (χ4v) is 4.02. The molecular formula is C19H21N3O4S. The molecule has 0 fully saturated rings. The number of methoxy groups -OCH3 is 2. The van der Waals surface area contributed by atoms with Crippen molar-refractivity contribution in [2.24, 2.45) is 0 Å². The van der Waals surface area contributed by atoms with Gasteiger partial charge < -0.3 is 14.8 Å². The van der Waals surface area contributed by atoms with Gasteiger partial charge >= 0.3 is 0 Å². The molecule has 0 saturated heterocycles. The lowest BCUT2D eigenvalue weighted by molar-refractivity contribution is 0.102. The Hall–Kier alpha value is -2.71. The molecule has 3 rings (SSSR count). The molecule has 0 aliphatic carbocycles. The number of anilines is 1. The van der Waals surface area contributed by atoms with Gasteiger partial charge in [0.25, 0.3) is 11.5 Å². The first-order valence-corrected chi connectivity index (χ1v) is 9.23. The topological polar surface area (TPSA) is 82.5 Å². The average molecular weight is 387 g/mol. The SMILES string of the molecule is COCCn1c(C)nc2sc(C(=O)Nc3ccccc3OC)c(C)c2c1=O. The lowest BCUT2D eigenvalue weighted by Crippen LogP contribution is -2.25. The van der Waals surface area contributed by atoms with E-state index in [1.807, 2.05) is 12.1 Å². The molecule has 0 spiro atoms. The second-order valence-corrected chi connectivity index (χ2v) is 7.00. The summed E-state index contributed by atoms with van der Waals surface area (Å²) in [4.78, 5) is 31.2. The van der Waals surface area contributed by atoms with Gasteiger partial charge in [0, 0.05) is 7.11 Å². The Labute approximate surface area is 160 Å². The molecule has 1 aromatic carbocycles. The normalized spacial score (nSPS) is 11.0. The molecule has 3 aromatic rings. The first kappa shape index (κ1) is 19.1. The number of fused-ring (bicyclic) bond motifs is 1. The van der Waals surface area contributed by atoms with E-state index in [9.17, 15) is 9.59 Å². The summed E-state index contributed by atoms with van der Waals surface area (Å²) in [7, 11) is 3.13. The molecule has 1 N–H and O–H groups in total. The third-order valence-corrected chi connectivity index (χ3v) is 5.51. The van der Waals surface area contributed by atoms with E-state index in [-0.39, 0.29) is 11.5 Å². The summed E-state index contributed by atoms with van der Waals surface area (Å²) in [5, 5.41) is 3.33. The van der Waals surface area contributed by atoms with Gasteiger partial charge in [-0.2, -0.15) is 0 Å². The lowest BCUT2D eigenvalue weighted by Gasteiger charge is -2.09. The highest BCUT2D eigenvalue weighted by molar-refractivity contribution is 7.20. The van der Waals surface area contributed by atoms with Crippen LogP contribution in [0, 0.1) is 13.8 Å². The van der Waals surface area contributed by atoms with Gasteiger partial charge in [0.1, 0.15) is 16.4 Å². The van der Waals surface area contributed by atoms with Crippen LogP contribution in [0.2, 0.25) is 0 Å². The number of nitrogens with one attached hydrogen (secondary N) is 1. The summed E-state index contributed by atoms with van der Waals surface area (Å²) in [6.45, 7) is 4.38. The molecule has 8 heteroatoms. The monoisotopic (exact) mass is 387 g/mol. The highest BCUT2D eigenvalue weighted by Crippen LogP contribution is 2.30. The number of thiophene rings is 1. The number of carbonyl (C=O) groups excluding carboxylic acids is 1. The minimum atomic E-state index is -0.291. The zero-order chi connectivity index (χ0) is 19.6. The van der Waals surface area contributed by atoms with Gasteiger partial charge in [-0.25, -0.2) is 4.98 Å².